The van der Waals surface area contributed by atoms with Gasteiger partial charge in [-0.15, -0.1) is 0 Å². The van der Waals surface area contributed by atoms with Crippen molar-refractivity contribution in [2.24, 2.45) is 5.92 Å². The van der Waals surface area contributed by atoms with Gasteiger partial charge in [-0.25, -0.2) is 9.18 Å². The quantitative estimate of drug-likeness (QED) is 0.829. The Morgan fingerprint density at radius 3 is 2.73 bits per heavy atom. The molecule has 80 valence electrons. The van der Waals surface area contributed by atoms with Crippen LogP contribution in [0.25, 0.3) is 0 Å². The number of alkyl halides is 1. The van der Waals surface area contributed by atoms with Crippen LogP contribution in [0.4, 0.5) is 4.39 Å². The second-order valence-corrected chi connectivity index (χ2v) is 4.24. The number of carboxylic acids is 1. The summed E-state index contributed by atoms with van der Waals surface area (Å²) in [6.07, 6.45) is 1.79. The van der Waals surface area contributed by atoms with Gasteiger partial charge in [0.1, 0.15) is 5.67 Å². The summed E-state index contributed by atoms with van der Waals surface area (Å²) in [5.41, 5.74) is -0.757. The van der Waals surface area contributed by atoms with E-state index in [1.54, 1.807) is 12.1 Å². The highest BCUT2D eigenvalue weighted by molar-refractivity contribution is 5.87. The number of halogens is 1. The lowest BCUT2D eigenvalue weighted by Crippen LogP contribution is -2.18. The summed E-state index contributed by atoms with van der Waals surface area (Å²) in [5.74, 6) is -0.954. The van der Waals surface area contributed by atoms with Crippen molar-refractivity contribution in [1.29, 1.82) is 0 Å². The second kappa shape index (κ2) is 3.33. The Morgan fingerprint density at radius 1 is 1.53 bits per heavy atom. The van der Waals surface area contributed by atoms with Gasteiger partial charge in [-0.05, 0) is 43.4 Å². The minimum atomic E-state index is -1.38. The van der Waals surface area contributed by atoms with Crippen molar-refractivity contribution >= 4 is 5.97 Å². The molecule has 0 aliphatic heterocycles. The largest absolute Gasteiger partial charge is 0.478 e. The van der Waals surface area contributed by atoms with Crippen LogP contribution in [0.1, 0.15) is 35.7 Å². The molecular weight excluding hydrogens is 195 g/mol. The Kier molecular flexibility index (Phi) is 2.25. The third-order valence-electron chi connectivity index (χ3n) is 3.02. The van der Waals surface area contributed by atoms with Gasteiger partial charge >= 0.3 is 5.97 Å². The maximum Gasteiger partial charge on any atom is 0.335 e. The minimum absolute atomic E-state index is 0.0570. The van der Waals surface area contributed by atoms with E-state index < -0.39 is 11.6 Å². The van der Waals surface area contributed by atoms with E-state index in [4.69, 9.17) is 5.11 Å². The zero-order chi connectivity index (χ0) is 11.1. The van der Waals surface area contributed by atoms with Gasteiger partial charge in [0.05, 0.1) is 5.56 Å². The Labute approximate surface area is 87.7 Å². The first kappa shape index (κ1) is 10.1. The molecule has 1 aliphatic carbocycles. The number of aromatic carboxylic acids is 1. The van der Waals surface area contributed by atoms with E-state index in [1.165, 1.54) is 19.1 Å². The van der Waals surface area contributed by atoms with Gasteiger partial charge in [-0.3, -0.25) is 0 Å². The van der Waals surface area contributed by atoms with Gasteiger partial charge in [0, 0.05) is 0 Å². The molecule has 0 radical (unpaired) electrons. The van der Waals surface area contributed by atoms with E-state index in [1.807, 2.05) is 0 Å². The second-order valence-electron chi connectivity index (χ2n) is 4.24. The zero-order valence-corrected chi connectivity index (χ0v) is 8.53. The number of hydrogen-bond donors (Lipinski definition) is 1. The highest BCUT2D eigenvalue weighted by Gasteiger charge is 2.43. The predicted octanol–water partition coefficient (Wildman–Crippen LogP) is 2.98. The van der Waals surface area contributed by atoms with E-state index >= 15 is 0 Å². The normalized spacial score (nSPS) is 19.6. The summed E-state index contributed by atoms with van der Waals surface area (Å²) in [6.45, 7) is 1.53. The Balaban J connectivity index is 2.35. The molecule has 1 N–H and O–H groups in total. The molecule has 0 spiro atoms. The average molecular weight is 208 g/mol. The van der Waals surface area contributed by atoms with Crippen LogP contribution in [-0.4, -0.2) is 11.1 Å². The molecule has 0 amide bonds. The topological polar surface area (TPSA) is 37.3 Å². The number of rotatable bonds is 3. The monoisotopic (exact) mass is 208 g/mol. The third kappa shape index (κ3) is 1.87. The lowest BCUT2D eigenvalue weighted by molar-refractivity contribution is 0.0696. The minimum Gasteiger partial charge on any atom is -0.478 e. The number of hydrogen-bond acceptors (Lipinski definition) is 1. The Hall–Kier alpha value is -1.38. The zero-order valence-electron chi connectivity index (χ0n) is 8.53. The summed E-state index contributed by atoms with van der Waals surface area (Å²) >= 11 is 0. The van der Waals surface area contributed by atoms with Crippen LogP contribution < -0.4 is 0 Å². The van der Waals surface area contributed by atoms with Crippen LogP contribution >= 0.6 is 0 Å². The SMILES string of the molecule is CC(F)(c1cccc(C(=O)O)c1)C1CC1. The van der Waals surface area contributed by atoms with E-state index in [9.17, 15) is 9.18 Å². The highest BCUT2D eigenvalue weighted by Crippen LogP contribution is 2.48. The summed E-state index contributed by atoms with van der Waals surface area (Å²) < 4.78 is 14.3. The van der Waals surface area contributed by atoms with E-state index in [-0.39, 0.29) is 11.5 Å². The van der Waals surface area contributed by atoms with Crippen molar-refractivity contribution in [2.45, 2.75) is 25.4 Å². The molecule has 0 saturated heterocycles. The molecule has 1 unspecified atom stereocenters. The van der Waals surface area contributed by atoms with Crippen molar-refractivity contribution in [3.8, 4) is 0 Å². The molecule has 1 aromatic carbocycles. The molecule has 1 fully saturated rings. The van der Waals surface area contributed by atoms with Crippen molar-refractivity contribution in [1.82, 2.24) is 0 Å². The van der Waals surface area contributed by atoms with Crippen molar-refractivity contribution in [3.05, 3.63) is 35.4 Å². The van der Waals surface area contributed by atoms with Crippen molar-refractivity contribution in [2.75, 3.05) is 0 Å². The van der Waals surface area contributed by atoms with Crippen LogP contribution in [0.5, 0.6) is 0 Å². The van der Waals surface area contributed by atoms with E-state index in [0.29, 0.717) is 5.56 Å². The Bertz CT molecular complexity index is 394. The van der Waals surface area contributed by atoms with Crippen LogP contribution in [-0.2, 0) is 5.67 Å². The molecule has 1 saturated carbocycles. The van der Waals surface area contributed by atoms with Gasteiger partial charge in [0.25, 0.3) is 0 Å². The van der Waals surface area contributed by atoms with Crippen LogP contribution in [0.2, 0.25) is 0 Å². The Morgan fingerprint density at radius 2 is 2.20 bits per heavy atom. The fourth-order valence-corrected chi connectivity index (χ4v) is 1.82. The maximum atomic E-state index is 14.3. The van der Waals surface area contributed by atoms with Gasteiger partial charge in [-0.1, -0.05) is 12.1 Å². The smallest absolute Gasteiger partial charge is 0.335 e. The van der Waals surface area contributed by atoms with Gasteiger partial charge < -0.3 is 5.11 Å². The van der Waals surface area contributed by atoms with Gasteiger partial charge in [0.2, 0.25) is 0 Å². The molecule has 2 rings (SSSR count). The first-order valence-corrected chi connectivity index (χ1v) is 5.04. The first-order valence-electron chi connectivity index (χ1n) is 5.04. The maximum absolute atomic E-state index is 14.3. The van der Waals surface area contributed by atoms with E-state index in [0.717, 1.165) is 12.8 Å². The molecule has 3 heteroatoms. The summed E-state index contributed by atoms with van der Waals surface area (Å²) in [4.78, 5) is 10.7. The third-order valence-corrected chi connectivity index (χ3v) is 3.02. The van der Waals surface area contributed by atoms with Crippen LogP contribution in [0.3, 0.4) is 0 Å². The number of carbonyl (C=O) groups is 1. The molecule has 0 aromatic heterocycles. The predicted molar refractivity (Wildman–Crippen MR) is 54.6 cm³/mol. The highest BCUT2D eigenvalue weighted by atomic mass is 19.1. The van der Waals surface area contributed by atoms with Gasteiger partial charge in [-0.2, -0.15) is 0 Å². The molecule has 15 heavy (non-hydrogen) atoms. The molecule has 2 nitrogen and oxygen atoms in total. The fraction of sp³-hybridized carbons (Fsp3) is 0.417. The molecular formula is C12H13FO2. The molecule has 1 aliphatic rings. The number of benzene rings is 1. The van der Waals surface area contributed by atoms with Gasteiger partial charge in [0.15, 0.2) is 0 Å². The van der Waals surface area contributed by atoms with Crippen molar-refractivity contribution in [3.63, 3.8) is 0 Å². The van der Waals surface area contributed by atoms with Crippen LogP contribution in [0.15, 0.2) is 24.3 Å². The first-order chi connectivity index (χ1) is 7.01. The summed E-state index contributed by atoms with van der Waals surface area (Å²) in [5, 5.41) is 8.81. The molecule has 1 aromatic rings. The standard InChI is InChI=1S/C12H13FO2/c1-12(13,9-5-6-9)10-4-2-3-8(7-10)11(14)15/h2-4,7,9H,5-6H2,1H3,(H,14,15). The van der Waals surface area contributed by atoms with E-state index in [2.05, 4.69) is 0 Å². The van der Waals surface area contributed by atoms with Crippen molar-refractivity contribution < 1.29 is 14.3 Å². The fourth-order valence-electron chi connectivity index (χ4n) is 1.82. The number of carboxylic acid groups (broad SMARTS) is 1. The lowest BCUT2D eigenvalue weighted by Gasteiger charge is -2.20. The lowest BCUT2D eigenvalue weighted by atomic mass is 9.91. The molecule has 1 atom stereocenters. The average Bonchev–Trinajstić information content (AvgIpc) is 3.01. The summed E-state index contributed by atoms with van der Waals surface area (Å²) in [6, 6.07) is 6.17. The molecule has 0 heterocycles. The summed E-state index contributed by atoms with van der Waals surface area (Å²) in [7, 11) is 0. The molecule has 0 bridgehead atoms. The van der Waals surface area contributed by atoms with Crippen LogP contribution in [0, 0.1) is 5.92 Å².